The number of nitrogens with one attached hydrogen (secondary N) is 2. The maximum Gasteiger partial charge on any atom is 0.284 e. The molecular weight excluding hydrogens is 496 g/mol. The summed E-state index contributed by atoms with van der Waals surface area (Å²) in [6.07, 6.45) is 1.94. The van der Waals surface area contributed by atoms with E-state index in [9.17, 15) is 4.79 Å². The van der Waals surface area contributed by atoms with Crippen molar-refractivity contribution < 1.29 is 14.3 Å². The molecule has 40 heavy (non-hydrogen) atoms. The van der Waals surface area contributed by atoms with Crippen LogP contribution in [0, 0.1) is 0 Å². The number of carbonyl (C=O) groups is 1. The van der Waals surface area contributed by atoms with Gasteiger partial charge >= 0.3 is 0 Å². The van der Waals surface area contributed by atoms with Gasteiger partial charge in [-0.25, -0.2) is 0 Å². The number of hydrogen-bond donors (Lipinski definition) is 2. The van der Waals surface area contributed by atoms with E-state index >= 15 is 0 Å². The van der Waals surface area contributed by atoms with Gasteiger partial charge in [0.05, 0.1) is 19.2 Å². The molecule has 1 fully saturated rings. The number of benzene rings is 4. The Bertz CT molecular complexity index is 1560. The van der Waals surface area contributed by atoms with Crippen LogP contribution in [0.15, 0.2) is 109 Å². The highest BCUT2D eigenvalue weighted by molar-refractivity contribution is 5.96. The molecule has 4 aromatic rings. The van der Waals surface area contributed by atoms with Crippen LogP contribution in [0.2, 0.25) is 0 Å². The van der Waals surface area contributed by atoms with E-state index in [0.29, 0.717) is 5.75 Å². The van der Waals surface area contributed by atoms with E-state index in [-0.39, 0.29) is 23.4 Å². The van der Waals surface area contributed by atoms with Gasteiger partial charge in [0.15, 0.2) is 0 Å². The van der Waals surface area contributed by atoms with Crippen molar-refractivity contribution in [1.82, 2.24) is 10.6 Å². The molecule has 2 N–H and O–H groups in total. The molecule has 0 saturated carbocycles. The molecule has 3 unspecified atom stereocenters. The van der Waals surface area contributed by atoms with Crippen molar-refractivity contribution >= 4 is 11.5 Å². The average molecular weight is 531 g/mol. The molecule has 2 heterocycles. The van der Waals surface area contributed by atoms with E-state index in [1.165, 1.54) is 5.56 Å². The number of amides is 1. The highest BCUT2D eigenvalue weighted by Gasteiger charge is 2.51. The Balaban J connectivity index is 1.50. The highest BCUT2D eigenvalue weighted by Crippen LogP contribution is 2.44. The first-order valence-electron chi connectivity index (χ1n) is 13.7. The zero-order valence-corrected chi connectivity index (χ0v) is 23.3. The number of fused-ring (bicyclic) bond motifs is 1. The van der Waals surface area contributed by atoms with Gasteiger partial charge in [0.1, 0.15) is 11.5 Å². The lowest BCUT2D eigenvalue weighted by Gasteiger charge is -2.46. The van der Waals surface area contributed by atoms with E-state index in [1.807, 2.05) is 84.9 Å². The third-order valence-electron chi connectivity index (χ3n) is 7.80. The molecule has 5 heteroatoms. The first kappa shape index (κ1) is 25.9. The Labute approximate surface area is 235 Å². The standard InChI is InChI=1S/C35H34N2O3/c1-34(2,3)26-17-20-30-28(21-26)29(23-15-18-27(39-4)19-16-23)22-35(40-30)33(38)36-31(24-11-7-5-8-12-24)32(37-35)25-13-9-6-10-14-25/h5-22,31-32,37H,1-4H3,(H,36,38). The fraction of sp³-hybridized carbons (Fsp3) is 0.229. The predicted octanol–water partition coefficient (Wildman–Crippen LogP) is 6.72. The van der Waals surface area contributed by atoms with Gasteiger partial charge in [0, 0.05) is 5.56 Å². The first-order chi connectivity index (χ1) is 19.3. The maximum atomic E-state index is 14.1. The summed E-state index contributed by atoms with van der Waals surface area (Å²) in [6, 6.07) is 34.0. The predicted molar refractivity (Wildman–Crippen MR) is 158 cm³/mol. The minimum Gasteiger partial charge on any atom is -0.497 e. The molecule has 6 rings (SSSR count). The number of piperazine rings is 1. The van der Waals surface area contributed by atoms with Crippen molar-refractivity contribution in [2.45, 2.75) is 44.0 Å². The van der Waals surface area contributed by atoms with Crippen molar-refractivity contribution in [2.24, 2.45) is 0 Å². The number of ether oxygens (including phenoxy) is 2. The summed E-state index contributed by atoms with van der Waals surface area (Å²) in [5, 5.41) is 6.96. The van der Waals surface area contributed by atoms with Gasteiger partial charge < -0.3 is 14.8 Å². The van der Waals surface area contributed by atoms with Crippen LogP contribution in [-0.4, -0.2) is 18.7 Å². The smallest absolute Gasteiger partial charge is 0.284 e. The minimum absolute atomic E-state index is 0.0447. The second-order valence-electron chi connectivity index (χ2n) is 11.5. The summed E-state index contributed by atoms with van der Waals surface area (Å²) in [5.74, 6) is 1.21. The maximum absolute atomic E-state index is 14.1. The second-order valence-corrected chi connectivity index (χ2v) is 11.5. The number of methoxy groups -OCH3 is 1. The van der Waals surface area contributed by atoms with Gasteiger partial charge in [-0.1, -0.05) is 99.6 Å². The van der Waals surface area contributed by atoms with Gasteiger partial charge in [-0.3, -0.25) is 10.1 Å². The van der Waals surface area contributed by atoms with Crippen LogP contribution in [0.1, 0.15) is 60.7 Å². The SMILES string of the molecule is COc1ccc(C2=CC3(NC(c4ccccc4)C(c4ccccc4)NC3=O)Oc3ccc(C(C)(C)C)cc32)cc1. The quantitative estimate of drug-likeness (QED) is 0.308. The van der Waals surface area contributed by atoms with E-state index in [1.54, 1.807) is 7.11 Å². The van der Waals surface area contributed by atoms with Crippen LogP contribution in [0.5, 0.6) is 11.5 Å². The highest BCUT2D eigenvalue weighted by atomic mass is 16.5. The Morgan fingerprint density at radius 3 is 2.02 bits per heavy atom. The molecule has 1 spiro atoms. The van der Waals surface area contributed by atoms with Gasteiger partial charge in [0.2, 0.25) is 0 Å². The van der Waals surface area contributed by atoms with Crippen LogP contribution in [0.25, 0.3) is 5.57 Å². The van der Waals surface area contributed by atoms with Crippen molar-refractivity contribution in [2.75, 3.05) is 7.11 Å². The molecule has 0 aliphatic carbocycles. The van der Waals surface area contributed by atoms with Crippen LogP contribution >= 0.6 is 0 Å². The first-order valence-corrected chi connectivity index (χ1v) is 13.7. The molecule has 2 aliphatic heterocycles. The average Bonchev–Trinajstić information content (AvgIpc) is 2.98. The molecule has 4 aromatic carbocycles. The summed E-state index contributed by atoms with van der Waals surface area (Å²) < 4.78 is 12.1. The van der Waals surface area contributed by atoms with Crippen LogP contribution < -0.4 is 20.1 Å². The summed E-state index contributed by atoms with van der Waals surface area (Å²) >= 11 is 0. The minimum atomic E-state index is -1.41. The Morgan fingerprint density at radius 1 is 0.800 bits per heavy atom. The van der Waals surface area contributed by atoms with Crippen molar-refractivity contribution in [1.29, 1.82) is 0 Å². The van der Waals surface area contributed by atoms with Gasteiger partial charge in [-0.05, 0) is 63.6 Å². The van der Waals surface area contributed by atoms with Crippen molar-refractivity contribution in [3.8, 4) is 11.5 Å². The number of hydrogen-bond acceptors (Lipinski definition) is 4. The summed E-state index contributed by atoms with van der Waals surface area (Å²) in [4.78, 5) is 14.1. The zero-order valence-electron chi connectivity index (χ0n) is 23.3. The lowest BCUT2D eigenvalue weighted by molar-refractivity contribution is -0.141. The van der Waals surface area contributed by atoms with E-state index in [2.05, 4.69) is 55.7 Å². The molecule has 5 nitrogen and oxygen atoms in total. The van der Waals surface area contributed by atoms with E-state index in [0.717, 1.165) is 33.6 Å². The number of carbonyl (C=O) groups excluding carboxylic acids is 1. The van der Waals surface area contributed by atoms with Crippen LogP contribution in [-0.2, 0) is 10.2 Å². The molecule has 0 bridgehead atoms. The Hall–Kier alpha value is -4.35. The second kappa shape index (κ2) is 10.00. The molecule has 1 saturated heterocycles. The largest absolute Gasteiger partial charge is 0.497 e. The summed E-state index contributed by atoms with van der Waals surface area (Å²) in [6.45, 7) is 6.59. The fourth-order valence-corrected chi connectivity index (χ4v) is 5.56. The molecule has 3 atom stereocenters. The number of rotatable bonds is 4. The monoisotopic (exact) mass is 530 g/mol. The van der Waals surface area contributed by atoms with Crippen molar-refractivity contribution in [3.05, 3.63) is 137 Å². The summed E-state index contributed by atoms with van der Waals surface area (Å²) in [7, 11) is 1.66. The summed E-state index contributed by atoms with van der Waals surface area (Å²) in [5.41, 5.74) is 4.70. The molecule has 0 radical (unpaired) electrons. The molecule has 1 amide bonds. The fourth-order valence-electron chi connectivity index (χ4n) is 5.56. The van der Waals surface area contributed by atoms with Gasteiger partial charge in [0.25, 0.3) is 11.6 Å². The molecular formula is C35H34N2O3. The van der Waals surface area contributed by atoms with Gasteiger partial charge in [-0.2, -0.15) is 0 Å². The van der Waals surface area contributed by atoms with E-state index in [4.69, 9.17) is 9.47 Å². The molecule has 202 valence electrons. The van der Waals surface area contributed by atoms with Crippen molar-refractivity contribution in [3.63, 3.8) is 0 Å². The van der Waals surface area contributed by atoms with Gasteiger partial charge in [-0.15, -0.1) is 0 Å². The zero-order chi connectivity index (χ0) is 27.9. The van der Waals surface area contributed by atoms with Crippen LogP contribution in [0.3, 0.4) is 0 Å². The van der Waals surface area contributed by atoms with E-state index < -0.39 is 5.72 Å². The third kappa shape index (κ3) is 4.67. The Kier molecular flexibility index (Phi) is 6.47. The molecule has 0 aromatic heterocycles. The lowest BCUT2D eigenvalue weighted by Crippen LogP contribution is -2.67. The lowest BCUT2D eigenvalue weighted by atomic mass is 9.82. The Morgan fingerprint density at radius 2 is 1.43 bits per heavy atom. The third-order valence-corrected chi connectivity index (χ3v) is 7.80. The normalized spacial score (nSPS) is 22.1. The molecule has 2 aliphatic rings. The topological polar surface area (TPSA) is 59.6 Å². The van der Waals surface area contributed by atoms with Crippen LogP contribution in [0.4, 0.5) is 0 Å².